The quantitative estimate of drug-likeness (QED) is 0.176. The molecule has 0 radical (unpaired) electrons. The molecule has 2 heterocycles. The van der Waals surface area contributed by atoms with Crippen LogP contribution in [0.25, 0.3) is 88.4 Å². The topological polar surface area (TPSA) is 57.4 Å². The molecular weight excluding hydrogens is 717 g/mol. The monoisotopic (exact) mass is 756 g/mol. The lowest BCUT2D eigenvalue weighted by Gasteiger charge is -2.19. The van der Waals surface area contributed by atoms with Crippen molar-refractivity contribution in [3.05, 3.63) is 191 Å². The van der Waals surface area contributed by atoms with E-state index in [1.54, 1.807) is 0 Å². The number of benzene rings is 8. The summed E-state index contributed by atoms with van der Waals surface area (Å²) in [6.07, 6.45) is 0. The van der Waals surface area contributed by atoms with Gasteiger partial charge in [-0.1, -0.05) is 125 Å². The lowest BCUT2D eigenvalue weighted by atomic mass is 9.97. The van der Waals surface area contributed by atoms with E-state index in [9.17, 15) is 10.5 Å². The highest BCUT2D eigenvalue weighted by Crippen LogP contribution is 2.42. The molecule has 0 bridgehead atoms. The molecule has 0 saturated heterocycles. The fraction of sp³-hybridized carbons (Fsp3) is 0.0909. The molecule has 0 aliphatic rings. The molecule has 0 N–H and O–H groups in total. The van der Waals surface area contributed by atoms with Crippen molar-refractivity contribution in [1.82, 2.24) is 9.13 Å². The second-order valence-corrected chi connectivity index (χ2v) is 16.1. The average molecular weight is 757 g/mol. The predicted octanol–water partition coefficient (Wildman–Crippen LogP) is 14.2. The number of aromatic nitrogens is 2. The smallest absolute Gasteiger partial charge is 0.104 e. The van der Waals surface area contributed by atoms with Gasteiger partial charge in [0.25, 0.3) is 0 Å². The van der Waals surface area contributed by atoms with Crippen LogP contribution in [-0.4, -0.2) is 9.13 Å². The Kier molecular flexibility index (Phi) is 8.34. The molecule has 0 spiro atoms. The number of aryl methyl sites for hydroxylation is 5. The van der Waals surface area contributed by atoms with Crippen LogP contribution in [0.5, 0.6) is 0 Å². The molecule has 4 nitrogen and oxygen atoms in total. The lowest BCUT2D eigenvalue weighted by Crippen LogP contribution is -2.05. The van der Waals surface area contributed by atoms with Crippen molar-refractivity contribution in [2.45, 2.75) is 34.6 Å². The van der Waals surface area contributed by atoms with Gasteiger partial charge >= 0.3 is 0 Å². The maximum absolute atomic E-state index is 11.5. The first-order valence-electron chi connectivity index (χ1n) is 20.0. The number of para-hydroxylation sites is 2. The molecule has 0 aliphatic carbocycles. The Morgan fingerprint density at radius 2 is 0.729 bits per heavy atom. The van der Waals surface area contributed by atoms with Gasteiger partial charge in [-0.2, -0.15) is 10.5 Å². The van der Waals surface area contributed by atoms with E-state index in [1.165, 1.54) is 22.3 Å². The molecule has 0 saturated carbocycles. The van der Waals surface area contributed by atoms with Gasteiger partial charge in [-0.25, -0.2) is 0 Å². The van der Waals surface area contributed by atoms with Crippen molar-refractivity contribution >= 4 is 43.6 Å². The Balaban J connectivity index is 1.35. The molecule has 0 atom stereocenters. The Labute approximate surface area is 344 Å². The number of nitriles is 2. The van der Waals surface area contributed by atoms with Gasteiger partial charge < -0.3 is 9.13 Å². The normalized spacial score (nSPS) is 11.4. The van der Waals surface area contributed by atoms with Gasteiger partial charge in [0.05, 0.1) is 45.1 Å². The molecule has 0 amide bonds. The number of hydrogen-bond donors (Lipinski definition) is 0. The first-order chi connectivity index (χ1) is 28.7. The van der Waals surface area contributed by atoms with Gasteiger partial charge in [0.1, 0.15) is 11.6 Å². The third kappa shape index (κ3) is 5.97. The Hall–Kier alpha value is -7.66. The zero-order chi connectivity index (χ0) is 40.5. The Morgan fingerprint density at radius 1 is 0.339 bits per heavy atom. The van der Waals surface area contributed by atoms with Crippen molar-refractivity contribution in [2.24, 2.45) is 0 Å². The van der Waals surface area contributed by atoms with E-state index in [4.69, 9.17) is 0 Å². The van der Waals surface area contributed by atoms with E-state index in [1.807, 2.05) is 19.1 Å². The van der Waals surface area contributed by atoms with Crippen LogP contribution < -0.4 is 0 Å². The van der Waals surface area contributed by atoms with Crippen LogP contribution in [0.1, 0.15) is 38.9 Å². The van der Waals surface area contributed by atoms with Crippen LogP contribution in [0, 0.1) is 57.3 Å². The van der Waals surface area contributed by atoms with Gasteiger partial charge in [0.2, 0.25) is 0 Å². The maximum atomic E-state index is 11.5. The fourth-order valence-electron chi connectivity index (χ4n) is 9.36. The van der Waals surface area contributed by atoms with E-state index in [0.29, 0.717) is 11.1 Å². The van der Waals surface area contributed by atoms with Crippen LogP contribution in [0.4, 0.5) is 0 Å². The third-order valence-electron chi connectivity index (χ3n) is 11.7. The van der Waals surface area contributed by atoms with E-state index < -0.39 is 0 Å². The van der Waals surface area contributed by atoms with Crippen LogP contribution >= 0.6 is 0 Å². The summed E-state index contributed by atoms with van der Waals surface area (Å²) in [5, 5.41) is 26.1. The minimum atomic E-state index is 0.556. The van der Waals surface area contributed by atoms with Crippen LogP contribution in [-0.2, 0) is 0 Å². The number of nitrogens with zero attached hydrogens (tertiary/aromatic N) is 4. The number of rotatable bonds is 5. The molecule has 4 heteroatoms. The summed E-state index contributed by atoms with van der Waals surface area (Å²) in [6, 6.07) is 59.1. The highest BCUT2D eigenvalue weighted by molar-refractivity contribution is 6.12. The predicted molar refractivity (Wildman–Crippen MR) is 245 cm³/mol. The summed E-state index contributed by atoms with van der Waals surface area (Å²) in [6.45, 7) is 10.6. The minimum Gasteiger partial charge on any atom is -0.308 e. The van der Waals surface area contributed by atoms with Crippen molar-refractivity contribution in [3.8, 4) is 56.9 Å². The zero-order valence-corrected chi connectivity index (χ0v) is 33.7. The summed E-state index contributed by atoms with van der Waals surface area (Å²) in [5.74, 6) is 0. The summed E-state index contributed by atoms with van der Waals surface area (Å²) in [4.78, 5) is 0. The van der Waals surface area contributed by atoms with Crippen molar-refractivity contribution in [3.63, 3.8) is 0 Å². The molecule has 0 fully saturated rings. The van der Waals surface area contributed by atoms with Gasteiger partial charge in [-0.05, 0) is 122 Å². The number of hydrogen-bond acceptors (Lipinski definition) is 2. The van der Waals surface area contributed by atoms with E-state index in [-0.39, 0.29) is 0 Å². The molecule has 59 heavy (non-hydrogen) atoms. The summed E-state index contributed by atoms with van der Waals surface area (Å²) < 4.78 is 4.55. The summed E-state index contributed by atoms with van der Waals surface area (Å²) >= 11 is 0. The van der Waals surface area contributed by atoms with Gasteiger partial charge in [-0.3, -0.25) is 0 Å². The van der Waals surface area contributed by atoms with E-state index in [0.717, 1.165) is 93.9 Å². The maximum Gasteiger partial charge on any atom is 0.104 e. The largest absolute Gasteiger partial charge is 0.308 e. The van der Waals surface area contributed by atoms with Crippen LogP contribution in [0.15, 0.2) is 152 Å². The minimum absolute atomic E-state index is 0.556. The molecular formula is C55H40N4. The molecule has 0 aliphatic heterocycles. The Bertz CT molecular complexity index is 3240. The van der Waals surface area contributed by atoms with E-state index >= 15 is 0 Å². The SMILES string of the molecule is Cc1cc(C)cc(-c2ccc3c4ccccc4n(-c4cc(-c5cc(C)cc(C#N)c5)cc(-n5c6ccccc6c6ccc(-c7cc(C)cc(C)c7)cc65)c4C#N)c3c2)c1. The second kappa shape index (κ2) is 13.8. The summed E-state index contributed by atoms with van der Waals surface area (Å²) in [5.41, 5.74) is 19.0. The second-order valence-electron chi connectivity index (χ2n) is 16.1. The van der Waals surface area contributed by atoms with Gasteiger partial charge in [-0.15, -0.1) is 0 Å². The first-order valence-corrected chi connectivity index (χ1v) is 20.0. The fourth-order valence-corrected chi connectivity index (χ4v) is 9.36. The van der Waals surface area contributed by atoms with Crippen molar-refractivity contribution < 1.29 is 0 Å². The van der Waals surface area contributed by atoms with Crippen molar-refractivity contribution in [1.29, 1.82) is 10.5 Å². The molecule has 10 aromatic rings. The third-order valence-corrected chi connectivity index (χ3v) is 11.7. The van der Waals surface area contributed by atoms with Crippen molar-refractivity contribution in [2.75, 3.05) is 0 Å². The number of fused-ring (bicyclic) bond motifs is 6. The first kappa shape index (κ1) is 35.7. The molecule has 10 rings (SSSR count). The van der Waals surface area contributed by atoms with Gasteiger partial charge in [0.15, 0.2) is 0 Å². The molecule has 2 aromatic heterocycles. The highest BCUT2D eigenvalue weighted by Gasteiger charge is 2.23. The molecule has 8 aromatic carbocycles. The Morgan fingerprint density at radius 3 is 1.17 bits per heavy atom. The van der Waals surface area contributed by atoms with E-state index in [2.05, 4.69) is 188 Å². The highest BCUT2D eigenvalue weighted by atomic mass is 15.0. The van der Waals surface area contributed by atoms with Gasteiger partial charge in [0, 0.05) is 21.5 Å². The molecule has 0 unspecified atom stereocenters. The molecule has 280 valence electrons. The lowest BCUT2D eigenvalue weighted by molar-refractivity contribution is 1.12. The average Bonchev–Trinajstić information content (AvgIpc) is 3.74. The van der Waals surface area contributed by atoms with Crippen LogP contribution in [0.3, 0.4) is 0 Å². The zero-order valence-electron chi connectivity index (χ0n) is 33.7. The standard InChI is InChI=1S/C55H40N4/c1-33-18-34(2)22-41(21-33)39-14-16-47-45-10-6-8-12-50(45)58(52(47)27-39)54-29-44(43-25-37(5)20-38(26-43)31-56)30-55(49(54)32-57)59-51-13-9-7-11-46(51)48-17-15-40(28-53(48)59)42-23-35(3)19-36(4)24-42/h6-30H,1-5H3. The van der Waals surface area contributed by atoms with Crippen LogP contribution in [0.2, 0.25) is 0 Å². The summed E-state index contributed by atoms with van der Waals surface area (Å²) in [7, 11) is 0.